The molecule has 2 N–H and O–H groups in total. The molecule has 0 aliphatic heterocycles. The van der Waals surface area contributed by atoms with Gasteiger partial charge in [-0.05, 0) is 11.6 Å². The molecule has 134 valence electrons. The second kappa shape index (κ2) is 7.84. The molecule has 0 saturated heterocycles. The molecule has 0 radical (unpaired) electrons. The Morgan fingerprint density at radius 1 is 1.20 bits per heavy atom. The smallest absolute Gasteiger partial charge is 0.418 e. The SMILES string of the molecule is COCCOC(=O)Nc1c(C(F)(F)F)cc(-c2ccccc2)[nH]c1=O. The van der Waals surface area contributed by atoms with Gasteiger partial charge in [-0.25, -0.2) is 4.79 Å². The molecule has 0 aliphatic rings. The fourth-order valence-corrected chi connectivity index (χ4v) is 2.04. The zero-order chi connectivity index (χ0) is 18.4. The van der Waals surface area contributed by atoms with Crippen molar-refractivity contribution in [2.75, 3.05) is 25.6 Å². The molecule has 2 rings (SSSR count). The first kappa shape index (κ1) is 18.5. The Bertz CT molecular complexity index is 788. The number of anilines is 1. The van der Waals surface area contributed by atoms with Crippen LogP contribution in [0.5, 0.6) is 0 Å². The molecule has 1 heterocycles. The number of hydrogen-bond acceptors (Lipinski definition) is 4. The Morgan fingerprint density at radius 2 is 1.88 bits per heavy atom. The highest BCUT2D eigenvalue weighted by molar-refractivity contribution is 5.86. The summed E-state index contributed by atoms with van der Waals surface area (Å²) in [6.07, 6.45) is -6.02. The zero-order valence-corrected chi connectivity index (χ0v) is 13.1. The second-order valence-corrected chi connectivity index (χ2v) is 4.92. The molecular weight excluding hydrogens is 341 g/mol. The van der Waals surface area contributed by atoms with Crippen molar-refractivity contribution >= 4 is 11.8 Å². The van der Waals surface area contributed by atoms with Crippen molar-refractivity contribution in [2.24, 2.45) is 0 Å². The lowest BCUT2D eigenvalue weighted by molar-refractivity contribution is -0.137. The van der Waals surface area contributed by atoms with Crippen LogP contribution >= 0.6 is 0 Å². The summed E-state index contributed by atoms with van der Waals surface area (Å²) in [6, 6.07) is 8.81. The largest absolute Gasteiger partial charge is 0.447 e. The summed E-state index contributed by atoms with van der Waals surface area (Å²) in [5.41, 5.74) is -2.89. The number of aromatic nitrogens is 1. The maximum atomic E-state index is 13.3. The molecule has 6 nitrogen and oxygen atoms in total. The third kappa shape index (κ3) is 4.83. The van der Waals surface area contributed by atoms with Gasteiger partial charge in [-0.1, -0.05) is 30.3 Å². The Hall–Kier alpha value is -2.81. The molecule has 1 aromatic carbocycles. The number of ether oxygens (including phenoxy) is 2. The number of nitrogens with one attached hydrogen (secondary N) is 2. The first-order chi connectivity index (χ1) is 11.8. The van der Waals surface area contributed by atoms with Crippen LogP contribution in [0.15, 0.2) is 41.2 Å². The number of halogens is 3. The van der Waals surface area contributed by atoms with Crippen LogP contribution in [0.4, 0.5) is 23.7 Å². The topological polar surface area (TPSA) is 80.4 Å². The van der Waals surface area contributed by atoms with Crippen LogP contribution in [0.2, 0.25) is 0 Å². The summed E-state index contributed by atoms with van der Waals surface area (Å²) < 4.78 is 49.2. The Morgan fingerprint density at radius 3 is 2.48 bits per heavy atom. The Labute approximate surface area is 140 Å². The highest BCUT2D eigenvalue weighted by Crippen LogP contribution is 2.35. The van der Waals surface area contributed by atoms with Crippen LogP contribution in [0.3, 0.4) is 0 Å². The maximum absolute atomic E-state index is 13.3. The van der Waals surface area contributed by atoms with Crippen molar-refractivity contribution in [3.63, 3.8) is 0 Å². The van der Waals surface area contributed by atoms with Gasteiger partial charge >= 0.3 is 12.3 Å². The molecule has 0 fully saturated rings. The lowest BCUT2D eigenvalue weighted by Crippen LogP contribution is -2.26. The van der Waals surface area contributed by atoms with Crippen molar-refractivity contribution < 1.29 is 27.4 Å². The van der Waals surface area contributed by atoms with E-state index in [4.69, 9.17) is 0 Å². The predicted octanol–water partition coefficient (Wildman–Crippen LogP) is 3.26. The number of carbonyl (C=O) groups is 1. The molecule has 0 atom stereocenters. The molecule has 2 aromatic rings. The van der Waals surface area contributed by atoms with Gasteiger partial charge < -0.3 is 14.5 Å². The van der Waals surface area contributed by atoms with Crippen LogP contribution in [0.1, 0.15) is 5.56 Å². The molecule has 25 heavy (non-hydrogen) atoms. The van der Waals surface area contributed by atoms with Crippen LogP contribution in [-0.2, 0) is 15.7 Å². The predicted molar refractivity (Wildman–Crippen MR) is 84.3 cm³/mol. The lowest BCUT2D eigenvalue weighted by Gasteiger charge is -2.14. The third-order valence-electron chi connectivity index (χ3n) is 3.17. The minimum Gasteiger partial charge on any atom is -0.447 e. The lowest BCUT2D eigenvalue weighted by atomic mass is 10.1. The number of hydrogen-bond donors (Lipinski definition) is 2. The number of methoxy groups -OCH3 is 1. The summed E-state index contributed by atoms with van der Waals surface area (Å²) in [7, 11) is 1.37. The van der Waals surface area contributed by atoms with E-state index in [-0.39, 0.29) is 18.9 Å². The van der Waals surface area contributed by atoms with Crippen LogP contribution in [-0.4, -0.2) is 31.4 Å². The standard InChI is InChI=1S/C16H15F3N2O4/c1-24-7-8-25-15(23)21-13-11(16(17,18)19)9-12(20-14(13)22)10-5-3-2-4-6-10/h2-6,9H,7-8H2,1H3,(H,20,22)(H,21,23). The van der Waals surface area contributed by atoms with E-state index < -0.39 is 29.1 Å². The highest BCUT2D eigenvalue weighted by atomic mass is 19.4. The molecule has 9 heteroatoms. The van der Waals surface area contributed by atoms with Gasteiger partial charge in [-0.15, -0.1) is 0 Å². The van der Waals surface area contributed by atoms with Crippen LogP contribution in [0.25, 0.3) is 11.3 Å². The molecule has 0 saturated carbocycles. The number of rotatable bonds is 5. The Balaban J connectivity index is 2.39. The van der Waals surface area contributed by atoms with Gasteiger partial charge in [0.2, 0.25) is 0 Å². The second-order valence-electron chi connectivity index (χ2n) is 4.92. The number of benzene rings is 1. The van der Waals surface area contributed by atoms with Crippen molar-refractivity contribution in [1.29, 1.82) is 0 Å². The molecular formula is C16H15F3N2O4. The number of aromatic amines is 1. The summed E-state index contributed by atoms with van der Waals surface area (Å²) in [6.45, 7) is -0.0907. The van der Waals surface area contributed by atoms with Gasteiger partial charge in [0.1, 0.15) is 12.3 Å². The van der Waals surface area contributed by atoms with Crippen molar-refractivity contribution in [1.82, 2.24) is 4.98 Å². The van der Waals surface area contributed by atoms with Gasteiger partial charge in [0, 0.05) is 12.8 Å². The minimum atomic E-state index is -4.84. The molecule has 0 unspecified atom stereocenters. The zero-order valence-electron chi connectivity index (χ0n) is 13.1. The van der Waals surface area contributed by atoms with Gasteiger partial charge in [0.25, 0.3) is 5.56 Å². The van der Waals surface area contributed by atoms with Crippen molar-refractivity contribution in [2.45, 2.75) is 6.18 Å². The van der Waals surface area contributed by atoms with E-state index in [1.54, 1.807) is 30.3 Å². The van der Waals surface area contributed by atoms with Gasteiger partial charge in [0.15, 0.2) is 0 Å². The van der Waals surface area contributed by atoms with Crippen LogP contribution in [0, 0.1) is 0 Å². The average Bonchev–Trinajstić information content (AvgIpc) is 2.56. The summed E-state index contributed by atoms with van der Waals surface area (Å²) >= 11 is 0. The first-order valence-corrected chi connectivity index (χ1v) is 7.15. The van der Waals surface area contributed by atoms with Crippen molar-refractivity contribution in [3.05, 3.63) is 52.3 Å². The molecule has 1 aromatic heterocycles. The maximum Gasteiger partial charge on any atom is 0.418 e. The normalized spacial score (nSPS) is 11.2. The summed E-state index contributed by atoms with van der Waals surface area (Å²) in [4.78, 5) is 26.0. The van der Waals surface area contributed by atoms with E-state index >= 15 is 0 Å². The Kier molecular flexibility index (Phi) is 5.81. The summed E-state index contributed by atoms with van der Waals surface area (Å²) in [5.74, 6) is 0. The van der Waals surface area contributed by atoms with E-state index in [0.29, 0.717) is 5.56 Å². The van der Waals surface area contributed by atoms with E-state index in [2.05, 4.69) is 14.5 Å². The molecule has 0 aliphatic carbocycles. The number of H-pyrrole nitrogens is 1. The fraction of sp³-hybridized carbons (Fsp3) is 0.250. The van der Waals surface area contributed by atoms with Gasteiger partial charge in [-0.2, -0.15) is 13.2 Å². The third-order valence-corrected chi connectivity index (χ3v) is 3.17. The summed E-state index contributed by atoms with van der Waals surface area (Å²) in [5, 5.41) is 1.84. The van der Waals surface area contributed by atoms with Gasteiger partial charge in [-0.3, -0.25) is 10.1 Å². The van der Waals surface area contributed by atoms with Crippen LogP contribution < -0.4 is 10.9 Å². The number of carbonyl (C=O) groups excluding carboxylic acids is 1. The number of pyridine rings is 1. The molecule has 1 amide bonds. The first-order valence-electron chi connectivity index (χ1n) is 7.15. The number of alkyl halides is 3. The monoisotopic (exact) mass is 356 g/mol. The van der Waals surface area contributed by atoms with E-state index in [9.17, 15) is 22.8 Å². The molecule has 0 spiro atoms. The van der Waals surface area contributed by atoms with Crippen molar-refractivity contribution in [3.8, 4) is 11.3 Å². The average molecular weight is 356 g/mol. The van der Waals surface area contributed by atoms with E-state index in [1.807, 2.05) is 5.32 Å². The minimum absolute atomic E-state index is 0.0174. The van der Waals surface area contributed by atoms with E-state index in [1.165, 1.54) is 7.11 Å². The van der Waals surface area contributed by atoms with E-state index in [0.717, 1.165) is 6.07 Å². The quantitative estimate of drug-likeness (QED) is 0.806. The number of amides is 1. The fourth-order valence-electron chi connectivity index (χ4n) is 2.04. The highest BCUT2D eigenvalue weighted by Gasteiger charge is 2.36. The van der Waals surface area contributed by atoms with Gasteiger partial charge in [0.05, 0.1) is 12.2 Å². The molecule has 0 bridgehead atoms.